The quantitative estimate of drug-likeness (QED) is 0.808. The molecule has 0 atom stereocenters. The number of aromatic nitrogens is 2. The molecule has 0 aliphatic heterocycles. The van der Waals surface area contributed by atoms with Gasteiger partial charge < -0.3 is 9.30 Å². The Morgan fingerprint density at radius 2 is 2.04 bits per heavy atom. The Balaban J connectivity index is 1.95. The molecular weight excluding hydrogens is 284 g/mol. The minimum absolute atomic E-state index is 0.920. The minimum atomic E-state index is 0.920. The van der Waals surface area contributed by atoms with Crippen LogP contribution in [-0.4, -0.2) is 16.7 Å². The van der Waals surface area contributed by atoms with Crippen LogP contribution >= 0.6 is 0 Å². The number of hydrogen-bond acceptors (Lipinski definition) is 2. The highest BCUT2D eigenvalue weighted by Crippen LogP contribution is 2.33. The van der Waals surface area contributed by atoms with Gasteiger partial charge in [0.1, 0.15) is 11.6 Å². The van der Waals surface area contributed by atoms with Crippen LogP contribution in [0.25, 0.3) is 6.08 Å². The summed E-state index contributed by atoms with van der Waals surface area (Å²) in [5.74, 6) is 2.13. The highest BCUT2D eigenvalue weighted by atomic mass is 16.5. The van der Waals surface area contributed by atoms with Crippen LogP contribution in [0.15, 0.2) is 30.1 Å². The van der Waals surface area contributed by atoms with Crippen molar-refractivity contribution in [3.63, 3.8) is 0 Å². The molecule has 1 heterocycles. The number of imidazole rings is 1. The first kappa shape index (κ1) is 15.9. The third kappa shape index (κ3) is 3.34. The molecule has 0 amide bonds. The summed E-state index contributed by atoms with van der Waals surface area (Å²) in [6.45, 7) is 5.21. The van der Waals surface area contributed by atoms with Crippen molar-refractivity contribution in [2.75, 3.05) is 7.11 Å². The van der Waals surface area contributed by atoms with Crippen molar-refractivity contribution in [1.82, 2.24) is 9.55 Å². The van der Waals surface area contributed by atoms with E-state index in [9.17, 15) is 0 Å². The number of aryl methyl sites for hydroxylation is 1. The predicted molar refractivity (Wildman–Crippen MR) is 94.9 cm³/mol. The van der Waals surface area contributed by atoms with Gasteiger partial charge in [-0.05, 0) is 61.8 Å². The van der Waals surface area contributed by atoms with Crippen LogP contribution in [0.5, 0.6) is 5.75 Å². The van der Waals surface area contributed by atoms with E-state index in [0.29, 0.717) is 0 Å². The van der Waals surface area contributed by atoms with E-state index in [1.165, 1.54) is 41.5 Å². The van der Waals surface area contributed by atoms with Crippen molar-refractivity contribution >= 4 is 6.08 Å². The highest BCUT2D eigenvalue weighted by Gasteiger charge is 2.17. The summed E-state index contributed by atoms with van der Waals surface area (Å²) in [7, 11) is 1.78. The average molecular weight is 310 g/mol. The second kappa shape index (κ2) is 7.03. The summed E-state index contributed by atoms with van der Waals surface area (Å²) in [6, 6.07) is 4.35. The zero-order valence-electron chi connectivity index (χ0n) is 14.4. The van der Waals surface area contributed by atoms with Crippen molar-refractivity contribution in [2.24, 2.45) is 0 Å². The van der Waals surface area contributed by atoms with Gasteiger partial charge in [-0.25, -0.2) is 4.98 Å². The molecule has 0 fully saturated rings. The van der Waals surface area contributed by atoms with Gasteiger partial charge in [-0.3, -0.25) is 0 Å². The Bertz CT molecular complexity index is 712. The third-order valence-electron chi connectivity index (χ3n) is 4.86. The lowest BCUT2D eigenvalue weighted by molar-refractivity contribution is 0.406. The fraction of sp³-hybridized carbons (Fsp3) is 0.450. The van der Waals surface area contributed by atoms with Gasteiger partial charge in [0.25, 0.3) is 0 Å². The van der Waals surface area contributed by atoms with Crippen molar-refractivity contribution in [3.05, 3.63) is 52.6 Å². The monoisotopic (exact) mass is 310 g/mol. The summed E-state index contributed by atoms with van der Waals surface area (Å²) in [5, 5.41) is 0. The standard InChI is InChI=1S/C20H26N2O/c1-4-16(14-22-12-11-21-15(22)2)13-17-9-10-20(23-3)19-8-6-5-7-18(17)19/h9-13H,4-8,14H2,1-3H3/b16-13+. The number of ether oxygens (including phenoxy) is 1. The molecule has 3 heteroatoms. The molecule has 0 N–H and O–H groups in total. The molecule has 0 unspecified atom stereocenters. The maximum absolute atomic E-state index is 5.57. The summed E-state index contributed by atoms with van der Waals surface area (Å²) in [4.78, 5) is 4.32. The first-order valence-electron chi connectivity index (χ1n) is 8.58. The van der Waals surface area contributed by atoms with E-state index >= 15 is 0 Å². The van der Waals surface area contributed by atoms with E-state index in [0.717, 1.165) is 31.0 Å². The van der Waals surface area contributed by atoms with E-state index in [4.69, 9.17) is 4.74 Å². The number of fused-ring (bicyclic) bond motifs is 1. The van der Waals surface area contributed by atoms with E-state index in [-0.39, 0.29) is 0 Å². The molecule has 0 spiro atoms. The number of rotatable bonds is 5. The SMILES string of the molecule is CC/C(=C\c1ccc(OC)c2c1CCCC2)Cn1ccnc1C. The van der Waals surface area contributed by atoms with Gasteiger partial charge in [0.05, 0.1) is 7.11 Å². The maximum Gasteiger partial charge on any atom is 0.122 e. The van der Waals surface area contributed by atoms with Crippen LogP contribution in [0.1, 0.15) is 48.7 Å². The van der Waals surface area contributed by atoms with Crippen LogP contribution in [0.3, 0.4) is 0 Å². The van der Waals surface area contributed by atoms with Crippen LogP contribution in [-0.2, 0) is 19.4 Å². The second-order valence-corrected chi connectivity index (χ2v) is 6.28. The summed E-state index contributed by atoms with van der Waals surface area (Å²) in [6.07, 6.45) is 12.2. The molecule has 1 aliphatic carbocycles. The first-order valence-corrected chi connectivity index (χ1v) is 8.58. The first-order chi connectivity index (χ1) is 11.2. The van der Waals surface area contributed by atoms with E-state index in [1.54, 1.807) is 7.11 Å². The van der Waals surface area contributed by atoms with Crippen LogP contribution in [0, 0.1) is 6.92 Å². The lowest BCUT2D eigenvalue weighted by Crippen LogP contribution is -2.07. The maximum atomic E-state index is 5.57. The van der Waals surface area contributed by atoms with E-state index in [1.807, 2.05) is 6.20 Å². The molecule has 23 heavy (non-hydrogen) atoms. The van der Waals surface area contributed by atoms with Gasteiger partial charge in [0.15, 0.2) is 0 Å². The molecule has 0 saturated heterocycles. The Hall–Kier alpha value is -2.03. The van der Waals surface area contributed by atoms with Gasteiger partial charge in [-0.15, -0.1) is 0 Å². The van der Waals surface area contributed by atoms with Gasteiger partial charge in [0, 0.05) is 18.9 Å². The lowest BCUT2D eigenvalue weighted by atomic mass is 9.87. The zero-order chi connectivity index (χ0) is 16.2. The molecule has 0 bridgehead atoms. The molecule has 0 radical (unpaired) electrons. The smallest absolute Gasteiger partial charge is 0.122 e. The molecule has 1 aliphatic rings. The van der Waals surface area contributed by atoms with Crippen LogP contribution in [0.4, 0.5) is 0 Å². The fourth-order valence-electron chi connectivity index (χ4n) is 3.46. The number of hydrogen-bond donors (Lipinski definition) is 0. The Morgan fingerprint density at radius 1 is 1.26 bits per heavy atom. The summed E-state index contributed by atoms with van der Waals surface area (Å²) in [5.41, 5.74) is 5.71. The molecule has 122 valence electrons. The molecule has 3 rings (SSSR count). The second-order valence-electron chi connectivity index (χ2n) is 6.28. The number of allylic oxidation sites excluding steroid dienone is 1. The van der Waals surface area contributed by atoms with Crippen molar-refractivity contribution < 1.29 is 4.74 Å². The lowest BCUT2D eigenvalue weighted by Gasteiger charge is -2.21. The molecular formula is C20H26N2O. The molecule has 0 saturated carbocycles. The normalized spacial score (nSPS) is 14.7. The summed E-state index contributed by atoms with van der Waals surface area (Å²) < 4.78 is 7.78. The van der Waals surface area contributed by atoms with Crippen LogP contribution < -0.4 is 4.74 Å². The Labute approximate surface area is 139 Å². The average Bonchev–Trinajstić information content (AvgIpc) is 2.99. The minimum Gasteiger partial charge on any atom is -0.496 e. The molecule has 3 nitrogen and oxygen atoms in total. The van der Waals surface area contributed by atoms with E-state index in [2.05, 4.69) is 47.8 Å². The van der Waals surface area contributed by atoms with Crippen molar-refractivity contribution in [1.29, 1.82) is 0 Å². The molecule has 1 aromatic carbocycles. The Kier molecular flexibility index (Phi) is 4.85. The molecule has 1 aromatic heterocycles. The van der Waals surface area contributed by atoms with Gasteiger partial charge >= 0.3 is 0 Å². The fourth-order valence-corrected chi connectivity index (χ4v) is 3.46. The summed E-state index contributed by atoms with van der Waals surface area (Å²) >= 11 is 0. The number of nitrogens with zero attached hydrogens (tertiary/aromatic N) is 2. The highest BCUT2D eigenvalue weighted by molar-refractivity contribution is 5.62. The van der Waals surface area contributed by atoms with Crippen molar-refractivity contribution in [3.8, 4) is 5.75 Å². The molecule has 2 aromatic rings. The van der Waals surface area contributed by atoms with Crippen molar-refractivity contribution in [2.45, 2.75) is 52.5 Å². The third-order valence-corrected chi connectivity index (χ3v) is 4.86. The number of benzene rings is 1. The zero-order valence-corrected chi connectivity index (χ0v) is 14.4. The van der Waals surface area contributed by atoms with E-state index < -0.39 is 0 Å². The Morgan fingerprint density at radius 3 is 2.70 bits per heavy atom. The number of methoxy groups -OCH3 is 1. The predicted octanol–water partition coefficient (Wildman–Crippen LogP) is 4.57. The van der Waals surface area contributed by atoms with Gasteiger partial charge in [0.2, 0.25) is 0 Å². The van der Waals surface area contributed by atoms with Gasteiger partial charge in [-0.1, -0.05) is 24.6 Å². The van der Waals surface area contributed by atoms with Gasteiger partial charge in [-0.2, -0.15) is 0 Å². The van der Waals surface area contributed by atoms with Crippen LogP contribution in [0.2, 0.25) is 0 Å². The largest absolute Gasteiger partial charge is 0.496 e. The topological polar surface area (TPSA) is 27.1 Å².